The first kappa shape index (κ1) is 16.1. The molecule has 1 aromatic carbocycles. The van der Waals surface area contributed by atoms with Crippen molar-refractivity contribution in [1.29, 1.82) is 0 Å². The van der Waals surface area contributed by atoms with Crippen LogP contribution in [0.2, 0.25) is 0 Å². The molecular weight excluding hydrogens is 286 g/mol. The number of para-hydroxylation sites is 1. The molecule has 0 aliphatic carbocycles. The highest BCUT2D eigenvalue weighted by atomic mass is 32.2. The summed E-state index contributed by atoms with van der Waals surface area (Å²) in [5.41, 5.74) is 7.29. The average Bonchev–Trinajstić information content (AvgIpc) is 2.38. The maximum Gasteiger partial charge on any atom is 0.177 e. The van der Waals surface area contributed by atoms with E-state index in [4.69, 9.17) is 5.73 Å². The van der Waals surface area contributed by atoms with Crippen LogP contribution in [0.5, 0.6) is 0 Å². The molecule has 0 atom stereocenters. The molecule has 5 nitrogen and oxygen atoms in total. The summed E-state index contributed by atoms with van der Waals surface area (Å²) in [7, 11) is -3.28. The summed E-state index contributed by atoms with van der Waals surface area (Å²) in [4.78, 5) is 4.85. The lowest BCUT2D eigenvalue weighted by molar-refractivity contribution is 0.231. The Morgan fingerprint density at radius 2 is 1.81 bits per heavy atom. The van der Waals surface area contributed by atoms with Crippen molar-refractivity contribution < 1.29 is 8.42 Å². The maximum absolute atomic E-state index is 11.8. The molecule has 0 aromatic heterocycles. The van der Waals surface area contributed by atoms with Gasteiger partial charge in [0.1, 0.15) is 0 Å². The third-order valence-electron chi connectivity index (χ3n) is 3.78. The molecule has 0 amide bonds. The smallest absolute Gasteiger partial charge is 0.177 e. The van der Waals surface area contributed by atoms with Crippen molar-refractivity contribution in [2.45, 2.75) is 18.7 Å². The number of piperazine rings is 1. The third kappa shape index (κ3) is 3.89. The fourth-order valence-electron chi connectivity index (χ4n) is 2.82. The Morgan fingerprint density at radius 3 is 2.33 bits per heavy atom. The van der Waals surface area contributed by atoms with E-state index >= 15 is 0 Å². The third-order valence-corrected chi connectivity index (χ3v) is 4.93. The summed E-state index contributed by atoms with van der Waals surface area (Å²) in [6.07, 6.45) is 1.20. The highest BCUT2D eigenvalue weighted by Gasteiger charge is 2.22. The molecule has 118 valence electrons. The van der Waals surface area contributed by atoms with Gasteiger partial charge in [-0.25, -0.2) is 8.42 Å². The Balaban J connectivity index is 2.14. The molecule has 2 rings (SSSR count). The van der Waals surface area contributed by atoms with Crippen molar-refractivity contribution in [2.24, 2.45) is 5.92 Å². The highest BCUT2D eigenvalue weighted by Crippen LogP contribution is 2.30. The van der Waals surface area contributed by atoms with Crippen LogP contribution in [0.4, 0.5) is 11.4 Å². The van der Waals surface area contributed by atoms with Gasteiger partial charge in [0.15, 0.2) is 9.84 Å². The summed E-state index contributed by atoms with van der Waals surface area (Å²) < 4.78 is 23.5. The van der Waals surface area contributed by atoms with Crippen LogP contribution in [-0.2, 0) is 9.84 Å². The van der Waals surface area contributed by atoms with Gasteiger partial charge < -0.3 is 10.6 Å². The van der Waals surface area contributed by atoms with Gasteiger partial charge >= 0.3 is 0 Å². The minimum absolute atomic E-state index is 0.226. The molecule has 0 spiro atoms. The van der Waals surface area contributed by atoms with Gasteiger partial charge in [0, 0.05) is 39.0 Å². The van der Waals surface area contributed by atoms with E-state index in [9.17, 15) is 8.42 Å². The molecule has 1 saturated heterocycles. The number of nitrogens with zero attached hydrogens (tertiary/aromatic N) is 2. The molecule has 0 unspecified atom stereocenters. The van der Waals surface area contributed by atoms with E-state index in [0.29, 0.717) is 11.6 Å². The molecule has 2 N–H and O–H groups in total. The molecular formula is C15H25N3O2S. The van der Waals surface area contributed by atoms with Crippen molar-refractivity contribution in [2.75, 3.05) is 49.6 Å². The number of nitrogens with two attached hydrogens (primary N) is 1. The second-order valence-corrected chi connectivity index (χ2v) is 8.13. The van der Waals surface area contributed by atoms with Crippen molar-refractivity contribution in [1.82, 2.24) is 4.90 Å². The quantitative estimate of drug-likeness (QED) is 0.853. The van der Waals surface area contributed by atoms with Gasteiger partial charge in [-0.3, -0.25) is 4.90 Å². The lowest BCUT2D eigenvalue weighted by Crippen LogP contribution is -2.47. The molecule has 1 fully saturated rings. The summed E-state index contributed by atoms with van der Waals surface area (Å²) in [6.45, 7) is 9.28. The molecule has 1 aliphatic rings. The van der Waals surface area contributed by atoms with Gasteiger partial charge in [0.2, 0.25) is 0 Å². The lowest BCUT2D eigenvalue weighted by atomic mass is 10.1. The number of rotatable bonds is 4. The van der Waals surface area contributed by atoms with Gasteiger partial charge in [-0.1, -0.05) is 19.9 Å². The predicted molar refractivity (Wildman–Crippen MR) is 87.5 cm³/mol. The van der Waals surface area contributed by atoms with Crippen LogP contribution in [0.3, 0.4) is 0 Å². The number of anilines is 2. The van der Waals surface area contributed by atoms with E-state index in [1.807, 2.05) is 6.07 Å². The normalized spacial score (nSPS) is 17.4. The van der Waals surface area contributed by atoms with Crippen LogP contribution in [-0.4, -0.2) is 52.3 Å². The molecule has 6 heteroatoms. The summed E-state index contributed by atoms with van der Waals surface area (Å²) in [5.74, 6) is 0.662. The minimum Gasteiger partial charge on any atom is -0.396 e. The summed E-state index contributed by atoms with van der Waals surface area (Å²) in [5, 5.41) is 0. The lowest BCUT2D eigenvalue weighted by Gasteiger charge is -2.37. The monoisotopic (exact) mass is 311 g/mol. The van der Waals surface area contributed by atoms with E-state index in [0.717, 1.165) is 38.4 Å². The van der Waals surface area contributed by atoms with E-state index in [-0.39, 0.29) is 4.90 Å². The highest BCUT2D eigenvalue weighted by molar-refractivity contribution is 7.90. The standard InChI is InChI=1S/C15H25N3O2S/c1-12(2)11-17-7-9-18(10-8-17)13-5-4-6-14(15(13)16)21(3,19)20/h4-6,12H,7-11,16H2,1-3H3. The fraction of sp³-hybridized carbons (Fsp3) is 0.600. The van der Waals surface area contributed by atoms with Gasteiger partial charge in [-0.15, -0.1) is 0 Å². The Hall–Kier alpha value is -1.27. The Bertz CT molecular complexity index is 591. The van der Waals surface area contributed by atoms with Crippen LogP contribution in [0.15, 0.2) is 23.1 Å². The molecule has 21 heavy (non-hydrogen) atoms. The van der Waals surface area contributed by atoms with Crippen LogP contribution in [0, 0.1) is 5.92 Å². The average molecular weight is 311 g/mol. The van der Waals surface area contributed by atoms with Crippen molar-refractivity contribution in [3.63, 3.8) is 0 Å². The maximum atomic E-state index is 11.8. The molecule has 0 bridgehead atoms. The van der Waals surface area contributed by atoms with Gasteiger partial charge in [-0.2, -0.15) is 0 Å². The van der Waals surface area contributed by atoms with E-state index in [1.54, 1.807) is 12.1 Å². The number of sulfone groups is 1. The minimum atomic E-state index is -3.28. The predicted octanol–water partition coefficient (Wildman–Crippen LogP) is 1.45. The fourth-order valence-corrected chi connectivity index (χ4v) is 3.65. The number of benzene rings is 1. The van der Waals surface area contributed by atoms with Gasteiger partial charge in [0.05, 0.1) is 16.3 Å². The van der Waals surface area contributed by atoms with Crippen molar-refractivity contribution in [3.05, 3.63) is 18.2 Å². The van der Waals surface area contributed by atoms with Crippen molar-refractivity contribution >= 4 is 21.2 Å². The largest absolute Gasteiger partial charge is 0.396 e. The molecule has 0 saturated carbocycles. The first-order chi connectivity index (χ1) is 9.79. The molecule has 0 radical (unpaired) electrons. The summed E-state index contributed by atoms with van der Waals surface area (Å²) in [6, 6.07) is 5.24. The second kappa shape index (κ2) is 6.23. The van der Waals surface area contributed by atoms with Crippen LogP contribution < -0.4 is 10.6 Å². The Labute approximate surface area is 127 Å². The topological polar surface area (TPSA) is 66.6 Å². The number of nitrogen functional groups attached to an aromatic ring is 1. The van der Waals surface area contributed by atoms with Crippen LogP contribution >= 0.6 is 0 Å². The second-order valence-electron chi connectivity index (χ2n) is 6.14. The Morgan fingerprint density at radius 1 is 1.19 bits per heavy atom. The molecule has 1 heterocycles. The zero-order chi connectivity index (χ0) is 15.6. The SMILES string of the molecule is CC(C)CN1CCN(c2cccc(S(C)(=O)=O)c2N)CC1. The first-order valence-electron chi connectivity index (χ1n) is 7.35. The number of hydrogen-bond donors (Lipinski definition) is 1. The molecule has 1 aromatic rings. The van der Waals surface area contributed by atoms with Gasteiger partial charge in [0.25, 0.3) is 0 Å². The van der Waals surface area contributed by atoms with E-state index in [2.05, 4.69) is 23.6 Å². The van der Waals surface area contributed by atoms with E-state index < -0.39 is 9.84 Å². The van der Waals surface area contributed by atoms with Crippen molar-refractivity contribution in [3.8, 4) is 0 Å². The van der Waals surface area contributed by atoms with Crippen LogP contribution in [0.25, 0.3) is 0 Å². The van der Waals surface area contributed by atoms with Crippen LogP contribution in [0.1, 0.15) is 13.8 Å². The Kier molecular flexibility index (Phi) is 4.78. The number of hydrogen-bond acceptors (Lipinski definition) is 5. The van der Waals surface area contributed by atoms with Gasteiger partial charge in [-0.05, 0) is 18.1 Å². The first-order valence-corrected chi connectivity index (χ1v) is 9.24. The summed E-state index contributed by atoms with van der Waals surface area (Å²) >= 11 is 0. The zero-order valence-electron chi connectivity index (χ0n) is 13.0. The zero-order valence-corrected chi connectivity index (χ0v) is 13.9. The molecule has 1 aliphatic heterocycles. The van der Waals surface area contributed by atoms with E-state index in [1.165, 1.54) is 6.26 Å².